The highest BCUT2D eigenvalue weighted by atomic mass is 16.4. The van der Waals surface area contributed by atoms with Gasteiger partial charge in [0, 0.05) is 5.56 Å². The van der Waals surface area contributed by atoms with Crippen molar-refractivity contribution in [2.45, 2.75) is 17.9 Å². The lowest BCUT2D eigenvalue weighted by Crippen LogP contribution is -2.47. The summed E-state index contributed by atoms with van der Waals surface area (Å²) in [6, 6.07) is 15.4. The highest BCUT2D eigenvalue weighted by Gasteiger charge is 2.52. The predicted molar refractivity (Wildman–Crippen MR) is 66.7 cm³/mol. The first-order valence-electron chi connectivity index (χ1n) is 6.08. The number of fused-ring (bicyclic) bond motifs is 7. The molecule has 0 saturated carbocycles. The Labute approximate surface area is 105 Å². The lowest BCUT2D eigenvalue weighted by Gasteiger charge is -2.36. The number of rotatable bonds is 0. The van der Waals surface area contributed by atoms with Crippen LogP contribution in [0.4, 0.5) is 0 Å². The summed E-state index contributed by atoms with van der Waals surface area (Å²) in [6.45, 7) is 0. The Hall–Kier alpha value is -1.68. The van der Waals surface area contributed by atoms with Crippen LogP contribution in [0.2, 0.25) is 0 Å². The van der Waals surface area contributed by atoms with Crippen LogP contribution in [-0.2, 0) is 5.72 Å². The van der Waals surface area contributed by atoms with Crippen molar-refractivity contribution in [1.82, 2.24) is 5.32 Å². The van der Waals surface area contributed by atoms with Crippen molar-refractivity contribution in [3.8, 4) is 0 Å². The molecular formula is C15H13NO2. The van der Waals surface area contributed by atoms with Crippen LogP contribution in [-0.4, -0.2) is 10.2 Å². The molecule has 2 aromatic rings. The zero-order valence-electron chi connectivity index (χ0n) is 9.67. The molecule has 2 bridgehead atoms. The summed E-state index contributed by atoms with van der Waals surface area (Å²) in [5.74, 6) is 0. The Balaban J connectivity index is 2.06. The van der Waals surface area contributed by atoms with Gasteiger partial charge in [0.1, 0.15) is 6.10 Å². The molecule has 3 unspecified atom stereocenters. The minimum Gasteiger partial charge on any atom is -0.384 e. The fraction of sp³-hybridized carbons (Fsp3) is 0.200. The van der Waals surface area contributed by atoms with E-state index in [0.29, 0.717) is 0 Å². The second-order valence-corrected chi connectivity index (χ2v) is 4.96. The topological polar surface area (TPSA) is 52.5 Å². The summed E-state index contributed by atoms with van der Waals surface area (Å²) < 4.78 is 0. The molecule has 4 rings (SSSR count). The van der Waals surface area contributed by atoms with E-state index in [1.807, 2.05) is 48.5 Å². The van der Waals surface area contributed by atoms with Crippen molar-refractivity contribution in [1.29, 1.82) is 0 Å². The van der Waals surface area contributed by atoms with E-state index in [1.165, 1.54) is 0 Å². The van der Waals surface area contributed by atoms with E-state index in [0.717, 1.165) is 22.3 Å². The maximum atomic E-state index is 10.7. The first kappa shape index (κ1) is 10.3. The number of hydrogen-bond acceptors (Lipinski definition) is 3. The molecular weight excluding hydrogens is 226 g/mol. The van der Waals surface area contributed by atoms with Crippen molar-refractivity contribution < 1.29 is 10.2 Å². The van der Waals surface area contributed by atoms with Crippen LogP contribution in [0.15, 0.2) is 48.5 Å². The molecule has 2 heterocycles. The van der Waals surface area contributed by atoms with Gasteiger partial charge < -0.3 is 10.2 Å². The summed E-state index contributed by atoms with van der Waals surface area (Å²) in [5, 5.41) is 24.3. The van der Waals surface area contributed by atoms with Crippen molar-refractivity contribution in [3.05, 3.63) is 70.8 Å². The molecule has 0 aliphatic carbocycles. The van der Waals surface area contributed by atoms with E-state index in [-0.39, 0.29) is 6.04 Å². The minimum absolute atomic E-state index is 0.0363. The van der Waals surface area contributed by atoms with Gasteiger partial charge in [-0.1, -0.05) is 48.5 Å². The molecule has 0 aromatic heterocycles. The summed E-state index contributed by atoms with van der Waals surface area (Å²) in [7, 11) is 0. The van der Waals surface area contributed by atoms with Crippen LogP contribution in [0.1, 0.15) is 34.4 Å². The molecule has 2 aromatic carbocycles. The molecule has 3 N–H and O–H groups in total. The van der Waals surface area contributed by atoms with Crippen molar-refractivity contribution in [3.63, 3.8) is 0 Å². The Morgan fingerprint density at radius 3 is 2.28 bits per heavy atom. The molecule has 2 aliphatic rings. The van der Waals surface area contributed by atoms with Gasteiger partial charge in [-0.3, -0.25) is 5.32 Å². The van der Waals surface area contributed by atoms with Crippen LogP contribution in [0.5, 0.6) is 0 Å². The quantitative estimate of drug-likeness (QED) is 0.654. The summed E-state index contributed by atoms with van der Waals surface area (Å²) >= 11 is 0. The van der Waals surface area contributed by atoms with Gasteiger partial charge in [-0.25, -0.2) is 0 Å². The maximum absolute atomic E-state index is 10.7. The molecule has 0 radical (unpaired) electrons. The Kier molecular flexibility index (Phi) is 1.83. The van der Waals surface area contributed by atoms with Crippen molar-refractivity contribution in [2.75, 3.05) is 0 Å². The first-order chi connectivity index (χ1) is 8.72. The molecule has 3 atom stereocenters. The predicted octanol–water partition coefficient (Wildman–Crippen LogP) is 1.57. The largest absolute Gasteiger partial charge is 0.384 e. The molecule has 0 fully saturated rings. The monoisotopic (exact) mass is 239 g/mol. The molecule has 0 spiro atoms. The SMILES string of the molecule is OC1c2ccccc2C2NC1(O)c1ccccc12. The molecule has 90 valence electrons. The second kappa shape index (κ2) is 3.20. The van der Waals surface area contributed by atoms with Crippen molar-refractivity contribution in [2.24, 2.45) is 0 Å². The van der Waals surface area contributed by atoms with E-state index in [9.17, 15) is 10.2 Å². The van der Waals surface area contributed by atoms with Crippen LogP contribution in [0.3, 0.4) is 0 Å². The van der Waals surface area contributed by atoms with Crippen LogP contribution in [0, 0.1) is 0 Å². The number of benzene rings is 2. The first-order valence-corrected chi connectivity index (χ1v) is 6.08. The zero-order chi connectivity index (χ0) is 12.3. The molecule has 0 amide bonds. The van der Waals surface area contributed by atoms with Gasteiger partial charge in [0.25, 0.3) is 0 Å². The average Bonchev–Trinajstić information content (AvgIpc) is 2.70. The summed E-state index contributed by atoms with van der Waals surface area (Å²) in [5.41, 5.74) is 2.30. The lowest BCUT2D eigenvalue weighted by atomic mass is 9.89. The van der Waals surface area contributed by atoms with Crippen molar-refractivity contribution >= 4 is 0 Å². The van der Waals surface area contributed by atoms with E-state index in [4.69, 9.17) is 0 Å². The number of nitrogens with one attached hydrogen (secondary N) is 1. The van der Waals surface area contributed by atoms with Gasteiger partial charge in [0.05, 0.1) is 6.04 Å². The van der Waals surface area contributed by atoms with E-state index in [2.05, 4.69) is 5.32 Å². The van der Waals surface area contributed by atoms with E-state index in [1.54, 1.807) is 0 Å². The third kappa shape index (κ3) is 1.04. The molecule has 2 aliphatic heterocycles. The highest BCUT2D eigenvalue weighted by molar-refractivity contribution is 5.53. The van der Waals surface area contributed by atoms with Gasteiger partial charge in [-0.2, -0.15) is 0 Å². The smallest absolute Gasteiger partial charge is 0.173 e. The summed E-state index contributed by atoms with van der Waals surface area (Å²) in [6.07, 6.45) is -0.936. The third-order valence-corrected chi connectivity index (χ3v) is 4.04. The second-order valence-electron chi connectivity index (χ2n) is 4.96. The van der Waals surface area contributed by atoms with Gasteiger partial charge >= 0.3 is 0 Å². The van der Waals surface area contributed by atoms with Crippen LogP contribution >= 0.6 is 0 Å². The third-order valence-electron chi connectivity index (χ3n) is 4.04. The molecule has 3 nitrogen and oxygen atoms in total. The number of hydrogen-bond donors (Lipinski definition) is 3. The molecule has 0 saturated heterocycles. The Morgan fingerprint density at radius 1 is 0.889 bits per heavy atom. The average molecular weight is 239 g/mol. The van der Waals surface area contributed by atoms with Gasteiger partial charge in [0.2, 0.25) is 0 Å². The van der Waals surface area contributed by atoms with Gasteiger partial charge in [0.15, 0.2) is 5.72 Å². The molecule has 3 heteroatoms. The standard InChI is InChI=1S/C15H13NO2/c17-14-10-6-2-1-5-9(10)13-11-7-3-4-8-12(11)15(14,18)16-13/h1-8,13-14,16-18H. The molecule has 18 heavy (non-hydrogen) atoms. The van der Waals surface area contributed by atoms with Gasteiger partial charge in [-0.05, 0) is 16.7 Å². The Morgan fingerprint density at radius 2 is 1.50 bits per heavy atom. The number of aliphatic hydroxyl groups excluding tert-OH is 1. The maximum Gasteiger partial charge on any atom is 0.173 e. The highest BCUT2D eigenvalue weighted by Crippen LogP contribution is 2.51. The van der Waals surface area contributed by atoms with Gasteiger partial charge in [-0.15, -0.1) is 0 Å². The Bertz CT molecular complexity index is 629. The minimum atomic E-state index is -1.37. The number of aliphatic hydroxyl groups is 2. The normalized spacial score (nSPS) is 31.9. The van der Waals surface area contributed by atoms with Crippen LogP contribution in [0.25, 0.3) is 0 Å². The van der Waals surface area contributed by atoms with E-state index < -0.39 is 11.8 Å². The zero-order valence-corrected chi connectivity index (χ0v) is 9.67. The fourth-order valence-corrected chi connectivity index (χ4v) is 3.19. The van der Waals surface area contributed by atoms with Crippen LogP contribution < -0.4 is 5.32 Å². The lowest BCUT2D eigenvalue weighted by molar-refractivity contribution is -0.110. The van der Waals surface area contributed by atoms with E-state index >= 15 is 0 Å². The fourth-order valence-electron chi connectivity index (χ4n) is 3.19. The summed E-state index contributed by atoms with van der Waals surface area (Å²) in [4.78, 5) is 0.